The van der Waals surface area contributed by atoms with E-state index in [0.717, 1.165) is 24.4 Å². The van der Waals surface area contributed by atoms with E-state index < -0.39 is 0 Å². The van der Waals surface area contributed by atoms with E-state index in [0.29, 0.717) is 6.10 Å². The van der Waals surface area contributed by atoms with Gasteiger partial charge in [-0.1, -0.05) is 25.5 Å². The van der Waals surface area contributed by atoms with Crippen LogP contribution in [0.3, 0.4) is 0 Å². The Morgan fingerprint density at radius 1 is 1.38 bits per heavy atom. The van der Waals surface area contributed by atoms with Crippen molar-refractivity contribution < 1.29 is 4.74 Å². The van der Waals surface area contributed by atoms with Crippen molar-refractivity contribution in [3.05, 3.63) is 12.2 Å². The van der Waals surface area contributed by atoms with Crippen LogP contribution >= 0.6 is 0 Å². The maximum Gasteiger partial charge on any atom is 0.0843 e. The standard InChI is InChI=1S/C12H20O/c1-8(2)10-5-4-9(3)6-11(10)12-7-13-12/h9-12H,1,4-7H2,2-3H3/t9-,10+,11-,12-/m1/s1. The van der Waals surface area contributed by atoms with Gasteiger partial charge in [0.1, 0.15) is 0 Å². The smallest absolute Gasteiger partial charge is 0.0843 e. The van der Waals surface area contributed by atoms with Crippen LogP contribution in [0.4, 0.5) is 0 Å². The predicted octanol–water partition coefficient (Wildman–Crippen LogP) is 3.01. The summed E-state index contributed by atoms with van der Waals surface area (Å²) in [5.74, 6) is 2.41. The number of epoxide rings is 1. The average molecular weight is 180 g/mol. The van der Waals surface area contributed by atoms with Gasteiger partial charge in [-0.15, -0.1) is 0 Å². The summed E-state index contributed by atoms with van der Waals surface area (Å²) in [7, 11) is 0. The highest BCUT2D eigenvalue weighted by molar-refractivity contribution is 5.04. The Morgan fingerprint density at radius 2 is 2.08 bits per heavy atom. The first-order valence-electron chi connectivity index (χ1n) is 5.45. The van der Waals surface area contributed by atoms with Crippen molar-refractivity contribution in [2.45, 2.75) is 39.2 Å². The first-order valence-corrected chi connectivity index (χ1v) is 5.45. The molecule has 0 spiro atoms. The van der Waals surface area contributed by atoms with E-state index in [1.165, 1.54) is 24.8 Å². The fourth-order valence-corrected chi connectivity index (χ4v) is 2.75. The van der Waals surface area contributed by atoms with E-state index in [1.54, 1.807) is 0 Å². The summed E-state index contributed by atoms with van der Waals surface area (Å²) >= 11 is 0. The summed E-state index contributed by atoms with van der Waals surface area (Å²) in [4.78, 5) is 0. The quantitative estimate of drug-likeness (QED) is 0.470. The molecule has 0 amide bonds. The molecule has 0 unspecified atom stereocenters. The molecule has 1 saturated heterocycles. The normalized spacial score (nSPS) is 44.5. The van der Waals surface area contributed by atoms with Crippen LogP contribution in [0, 0.1) is 17.8 Å². The minimum Gasteiger partial charge on any atom is -0.373 e. The molecule has 1 saturated carbocycles. The van der Waals surface area contributed by atoms with E-state index in [-0.39, 0.29) is 0 Å². The molecule has 2 fully saturated rings. The predicted molar refractivity (Wildman–Crippen MR) is 54.5 cm³/mol. The summed E-state index contributed by atoms with van der Waals surface area (Å²) in [6, 6.07) is 0. The third-order valence-corrected chi connectivity index (χ3v) is 3.63. The molecule has 0 aromatic rings. The molecule has 0 N–H and O–H groups in total. The molecule has 0 aromatic heterocycles. The van der Waals surface area contributed by atoms with Crippen LogP contribution in [-0.2, 0) is 4.74 Å². The molecule has 2 aliphatic rings. The highest BCUT2D eigenvalue weighted by atomic mass is 16.6. The lowest BCUT2D eigenvalue weighted by Gasteiger charge is -2.34. The van der Waals surface area contributed by atoms with Crippen molar-refractivity contribution in [3.8, 4) is 0 Å². The van der Waals surface area contributed by atoms with Gasteiger partial charge >= 0.3 is 0 Å². The van der Waals surface area contributed by atoms with Gasteiger partial charge in [0.2, 0.25) is 0 Å². The molecule has 4 atom stereocenters. The Morgan fingerprint density at radius 3 is 2.62 bits per heavy atom. The van der Waals surface area contributed by atoms with Gasteiger partial charge in [-0.2, -0.15) is 0 Å². The lowest BCUT2D eigenvalue weighted by atomic mass is 9.71. The third kappa shape index (κ3) is 1.96. The third-order valence-electron chi connectivity index (χ3n) is 3.63. The summed E-state index contributed by atoms with van der Waals surface area (Å²) in [5.41, 5.74) is 1.37. The van der Waals surface area contributed by atoms with E-state index in [9.17, 15) is 0 Å². The highest BCUT2D eigenvalue weighted by Gasteiger charge is 2.40. The second-order valence-electron chi connectivity index (χ2n) is 4.91. The van der Waals surface area contributed by atoms with Crippen molar-refractivity contribution in [1.29, 1.82) is 0 Å². The van der Waals surface area contributed by atoms with E-state index >= 15 is 0 Å². The molecule has 0 radical (unpaired) electrons. The average Bonchev–Trinajstić information content (AvgIpc) is 2.85. The fraction of sp³-hybridized carbons (Fsp3) is 0.833. The van der Waals surface area contributed by atoms with Crippen LogP contribution < -0.4 is 0 Å². The first kappa shape index (κ1) is 9.26. The first-order chi connectivity index (χ1) is 6.18. The SMILES string of the molecule is C=C(C)[C@@H]1CC[C@@H](C)C[C@H]1[C@H]1CO1. The van der Waals surface area contributed by atoms with Crippen molar-refractivity contribution in [3.63, 3.8) is 0 Å². The molecule has 1 nitrogen and oxygen atoms in total. The minimum absolute atomic E-state index is 0.574. The number of allylic oxidation sites excluding steroid dienone is 1. The highest BCUT2D eigenvalue weighted by Crippen LogP contribution is 2.42. The topological polar surface area (TPSA) is 12.5 Å². The van der Waals surface area contributed by atoms with Gasteiger partial charge < -0.3 is 4.74 Å². The van der Waals surface area contributed by atoms with Crippen molar-refractivity contribution in [1.82, 2.24) is 0 Å². The molecular formula is C12H20O. The molecule has 1 aliphatic carbocycles. The second-order valence-corrected chi connectivity index (χ2v) is 4.91. The molecule has 1 heterocycles. The summed E-state index contributed by atoms with van der Waals surface area (Å²) in [6.45, 7) is 9.65. The molecule has 13 heavy (non-hydrogen) atoms. The van der Waals surface area contributed by atoms with E-state index in [1.807, 2.05) is 0 Å². The van der Waals surface area contributed by atoms with Crippen molar-refractivity contribution >= 4 is 0 Å². The number of rotatable bonds is 2. The van der Waals surface area contributed by atoms with Gasteiger partial charge in [-0.25, -0.2) is 0 Å². The molecule has 1 aliphatic heterocycles. The molecule has 0 aromatic carbocycles. The Hall–Kier alpha value is -0.300. The van der Waals surface area contributed by atoms with Crippen molar-refractivity contribution in [2.75, 3.05) is 6.61 Å². The molecular weight excluding hydrogens is 160 g/mol. The Kier molecular flexibility index (Phi) is 2.46. The van der Waals surface area contributed by atoms with Crippen LogP contribution in [0.15, 0.2) is 12.2 Å². The Balaban J connectivity index is 2.02. The number of hydrogen-bond donors (Lipinski definition) is 0. The minimum atomic E-state index is 0.574. The molecule has 2 rings (SSSR count). The van der Waals surface area contributed by atoms with E-state index in [4.69, 9.17) is 4.74 Å². The zero-order valence-electron chi connectivity index (χ0n) is 8.75. The molecule has 74 valence electrons. The summed E-state index contributed by atoms with van der Waals surface area (Å²) in [6.07, 6.45) is 4.63. The van der Waals surface area contributed by atoms with Gasteiger partial charge in [0, 0.05) is 0 Å². The maximum absolute atomic E-state index is 5.44. The van der Waals surface area contributed by atoms with Crippen molar-refractivity contribution in [2.24, 2.45) is 17.8 Å². The Bertz CT molecular complexity index is 205. The van der Waals surface area contributed by atoms with Gasteiger partial charge in [-0.05, 0) is 37.5 Å². The zero-order valence-corrected chi connectivity index (χ0v) is 8.75. The van der Waals surface area contributed by atoms with Crippen LogP contribution in [0.5, 0.6) is 0 Å². The van der Waals surface area contributed by atoms with Gasteiger partial charge in [-0.3, -0.25) is 0 Å². The number of ether oxygens (including phenoxy) is 1. The van der Waals surface area contributed by atoms with Crippen LogP contribution in [0.2, 0.25) is 0 Å². The lowest BCUT2D eigenvalue weighted by Crippen LogP contribution is -2.28. The molecule has 1 heteroatoms. The Labute approximate surface area is 81.2 Å². The summed E-state index contributed by atoms with van der Waals surface area (Å²) < 4.78 is 5.44. The van der Waals surface area contributed by atoms with Gasteiger partial charge in [0.05, 0.1) is 12.7 Å². The van der Waals surface area contributed by atoms with Crippen LogP contribution in [0.25, 0.3) is 0 Å². The monoisotopic (exact) mass is 180 g/mol. The number of hydrogen-bond acceptors (Lipinski definition) is 1. The van der Waals surface area contributed by atoms with Gasteiger partial charge in [0.25, 0.3) is 0 Å². The summed E-state index contributed by atoms with van der Waals surface area (Å²) in [5, 5.41) is 0. The largest absolute Gasteiger partial charge is 0.373 e. The van der Waals surface area contributed by atoms with Gasteiger partial charge in [0.15, 0.2) is 0 Å². The zero-order chi connectivity index (χ0) is 9.42. The maximum atomic E-state index is 5.44. The van der Waals surface area contributed by atoms with Crippen LogP contribution in [-0.4, -0.2) is 12.7 Å². The lowest BCUT2D eigenvalue weighted by molar-refractivity contribution is 0.173. The van der Waals surface area contributed by atoms with E-state index in [2.05, 4.69) is 20.4 Å². The second kappa shape index (κ2) is 3.45. The fourth-order valence-electron chi connectivity index (χ4n) is 2.75. The van der Waals surface area contributed by atoms with Crippen LogP contribution in [0.1, 0.15) is 33.1 Å². The molecule has 0 bridgehead atoms.